The summed E-state index contributed by atoms with van der Waals surface area (Å²) in [6.45, 7) is 3.02. The van der Waals surface area contributed by atoms with Gasteiger partial charge in [-0.3, -0.25) is 9.69 Å². The van der Waals surface area contributed by atoms with Crippen LogP contribution >= 0.6 is 11.3 Å². The largest absolute Gasteiger partial charge is 0.495 e. The van der Waals surface area contributed by atoms with Gasteiger partial charge in [-0.15, -0.1) is 11.3 Å². The second-order valence-corrected chi connectivity index (χ2v) is 9.02. The molecule has 4 N–H and O–H groups in total. The predicted octanol–water partition coefficient (Wildman–Crippen LogP) is 2.63. The Morgan fingerprint density at radius 2 is 2.09 bits per heavy atom. The Labute approximate surface area is 200 Å². The monoisotopic (exact) mass is 485 g/mol. The average molecular weight is 486 g/mol. The first-order valence-corrected chi connectivity index (χ1v) is 11.5. The van der Waals surface area contributed by atoms with E-state index in [0.717, 1.165) is 37.4 Å². The Kier molecular flexibility index (Phi) is 6.98. The molecule has 0 bridgehead atoms. The van der Waals surface area contributed by atoms with Gasteiger partial charge in [0.15, 0.2) is 0 Å². The van der Waals surface area contributed by atoms with E-state index in [0.29, 0.717) is 24.3 Å². The molecule has 1 aromatic carbocycles. The molecule has 4 aromatic rings. The van der Waals surface area contributed by atoms with Crippen LogP contribution in [0, 0.1) is 6.92 Å². The fourth-order valence-electron chi connectivity index (χ4n) is 4.25. The van der Waals surface area contributed by atoms with Crippen molar-refractivity contribution in [3.05, 3.63) is 41.3 Å². The molecule has 180 valence electrons. The second-order valence-electron chi connectivity index (χ2n) is 7.97. The van der Waals surface area contributed by atoms with Crippen molar-refractivity contribution in [3.8, 4) is 22.1 Å². The number of fused-ring (bicyclic) bond motifs is 2. The summed E-state index contributed by atoms with van der Waals surface area (Å²) >= 11 is 1.54. The summed E-state index contributed by atoms with van der Waals surface area (Å²) in [6.07, 6.45) is 1.27. The van der Waals surface area contributed by atoms with Crippen molar-refractivity contribution in [2.75, 3.05) is 33.9 Å². The van der Waals surface area contributed by atoms with Gasteiger partial charge in [0.05, 0.1) is 30.7 Å². The number of carboxylic acids is 1. The third-order valence-corrected chi connectivity index (χ3v) is 6.76. The molecule has 0 fully saturated rings. The molecule has 0 amide bonds. The number of aryl methyl sites for hydroxylation is 1. The first-order chi connectivity index (χ1) is 16.4. The highest BCUT2D eigenvalue weighted by Crippen LogP contribution is 2.45. The Balaban J connectivity index is 1.98. The van der Waals surface area contributed by atoms with Crippen molar-refractivity contribution in [2.45, 2.75) is 20.1 Å². The van der Waals surface area contributed by atoms with Crippen LogP contribution in [0.5, 0.6) is 11.6 Å². The van der Waals surface area contributed by atoms with Gasteiger partial charge in [-0.05, 0) is 30.0 Å². The van der Waals surface area contributed by atoms with Crippen molar-refractivity contribution >= 4 is 32.9 Å². The number of hydrogen-bond donors (Lipinski definition) is 3. The van der Waals surface area contributed by atoms with Crippen LogP contribution in [0.1, 0.15) is 16.8 Å². The minimum absolute atomic E-state index is 0.169. The normalized spacial score (nSPS) is 11.7. The zero-order valence-electron chi connectivity index (χ0n) is 19.2. The van der Waals surface area contributed by atoms with Gasteiger partial charge in [-0.2, -0.15) is 10.1 Å². The summed E-state index contributed by atoms with van der Waals surface area (Å²) in [7, 11) is 3.23. The minimum Gasteiger partial charge on any atom is -0.495 e. The third-order valence-electron chi connectivity index (χ3n) is 5.57. The highest BCUT2D eigenvalue weighted by molar-refractivity contribution is 7.22. The summed E-state index contributed by atoms with van der Waals surface area (Å²) in [6, 6.07) is 6.12. The number of nitrogens with two attached hydrogens (primary N) is 1. The number of aromatic nitrogens is 3. The molecular weight excluding hydrogens is 458 g/mol. The van der Waals surface area contributed by atoms with Crippen molar-refractivity contribution in [3.63, 3.8) is 0 Å². The molecule has 11 heteroatoms. The number of methoxy groups -OCH3 is 2. The van der Waals surface area contributed by atoms with Gasteiger partial charge in [0.25, 0.3) is 0 Å². The zero-order chi connectivity index (χ0) is 24.4. The quantitative estimate of drug-likeness (QED) is 0.310. The summed E-state index contributed by atoms with van der Waals surface area (Å²) < 4.78 is 13.7. The van der Waals surface area contributed by atoms with Crippen LogP contribution in [0.25, 0.3) is 26.0 Å². The second kappa shape index (κ2) is 9.94. The topological polar surface area (TPSA) is 135 Å². The van der Waals surface area contributed by atoms with Gasteiger partial charge in [0.2, 0.25) is 5.88 Å². The Morgan fingerprint density at radius 3 is 2.76 bits per heavy atom. The lowest BCUT2D eigenvalue weighted by atomic mass is 10.1. The predicted molar refractivity (Wildman–Crippen MR) is 129 cm³/mol. The number of aliphatic carboxylic acids is 1. The van der Waals surface area contributed by atoms with Gasteiger partial charge in [0, 0.05) is 42.7 Å². The molecule has 0 spiro atoms. The number of aromatic hydroxyl groups is 1. The van der Waals surface area contributed by atoms with E-state index in [1.807, 2.05) is 13.0 Å². The van der Waals surface area contributed by atoms with Crippen LogP contribution in [-0.2, 0) is 22.7 Å². The lowest BCUT2D eigenvalue weighted by Gasteiger charge is -2.20. The van der Waals surface area contributed by atoms with Crippen LogP contribution < -0.4 is 10.5 Å². The maximum absolute atomic E-state index is 11.4. The Morgan fingerprint density at radius 1 is 1.29 bits per heavy atom. The molecule has 0 radical (unpaired) electrons. The lowest BCUT2D eigenvalue weighted by molar-refractivity contribution is -0.138. The number of ether oxygens (including phenoxy) is 2. The van der Waals surface area contributed by atoms with Gasteiger partial charge in [-0.25, -0.2) is 4.52 Å². The lowest BCUT2D eigenvalue weighted by Crippen LogP contribution is -2.34. The van der Waals surface area contributed by atoms with Crippen LogP contribution in [0.2, 0.25) is 0 Å². The van der Waals surface area contributed by atoms with E-state index in [1.54, 1.807) is 23.6 Å². The number of carbonyl (C=O) groups is 1. The van der Waals surface area contributed by atoms with Gasteiger partial charge >= 0.3 is 5.97 Å². The van der Waals surface area contributed by atoms with Crippen LogP contribution in [0.4, 0.5) is 0 Å². The minimum atomic E-state index is -0.952. The summed E-state index contributed by atoms with van der Waals surface area (Å²) in [5, 5.41) is 25.5. The summed E-state index contributed by atoms with van der Waals surface area (Å²) in [4.78, 5) is 18.1. The molecule has 0 atom stereocenters. The highest BCUT2D eigenvalue weighted by Gasteiger charge is 2.26. The number of rotatable bonds is 10. The van der Waals surface area contributed by atoms with Crippen LogP contribution in [-0.4, -0.2) is 69.5 Å². The molecular formula is C23H27N5O5S. The van der Waals surface area contributed by atoms with E-state index in [-0.39, 0.29) is 25.6 Å². The number of nitrogens with zero attached hydrogens (tertiary/aromatic N) is 4. The van der Waals surface area contributed by atoms with Crippen molar-refractivity contribution in [1.82, 2.24) is 19.5 Å². The molecule has 0 saturated carbocycles. The molecule has 34 heavy (non-hydrogen) atoms. The van der Waals surface area contributed by atoms with Crippen molar-refractivity contribution in [1.29, 1.82) is 0 Å². The van der Waals surface area contributed by atoms with Gasteiger partial charge in [-0.1, -0.05) is 6.07 Å². The maximum atomic E-state index is 11.4. The maximum Gasteiger partial charge on any atom is 0.317 e. The Hall–Kier alpha value is -3.25. The molecule has 4 rings (SSSR count). The third kappa shape index (κ3) is 4.42. The number of thiophene rings is 1. The first-order valence-electron chi connectivity index (χ1n) is 10.7. The van der Waals surface area contributed by atoms with E-state index < -0.39 is 5.97 Å². The smallest absolute Gasteiger partial charge is 0.317 e. The molecule has 0 unspecified atom stereocenters. The SMILES string of the molecule is COCc1c(-c2cc3cc(C)cc(OC)c3s2)c2c(O)ncnn2c1CN(CCN)CC(=O)O. The van der Waals surface area contributed by atoms with Crippen LogP contribution in [0.15, 0.2) is 24.5 Å². The van der Waals surface area contributed by atoms with E-state index in [9.17, 15) is 15.0 Å². The van der Waals surface area contributed by atoms with E-state index in [1.165, 1.54) is 17.7 Å². The molecule has 0 aliphatic rings. The summed E-state index contributed by atoms with van der Waals surface area (Å²) in [5.41, 5.74) is 9.50. The molecule has 0 aliphatic heterocycles. The number of benzene rings is 1. The molecule has 0 aliphatic carbocycles. The number of carboxylic acid groups (broad SMARTS) is 1. The fraction of sp³-hybridized carbons (Fsp3) is 0.348. The first kappa shape index (κ1) is 23.9. The average Bonchev–Trinajstić information content (AvgIpc) is 3.33. The Bertz CT molecular complexity index is 1350. The van der Waals surface area contributed by atoms with E-state index in [4.69, 9.17) is 15.2 Å². The molecule has 0 saturated heterocycles. The molecule has 3 heterocycles. The summed E-state index contributed by atoms with van der Waals surface area (Å²) in [5.74, 6) is -0.343. The van der Waals surface area contributed by atoms with Gasteiger partial charge < -0.3 is 25.4 Å². The standard InChI is InChI=1S/C23H27N5O5S/c1-13-6-14-8-18(34-22(14)17(7-13)33-3)20-15(11-32-2)16(9-27(5-4-24)10-19(29)30)28-21(20)23(31)25-12-26-28/h6-8,12H,4-5,9-11,24H2,1-3H3,(H,29,30)(H,25,26,31). The number of hydrogen-bond acceptors (Lipinski definition) is 9. The molecule has 3 aromatic heterocycles. The molecule has 10 nitrogen and oxygen atoms in total. The van der Waals surface area contributed by atoms with E-state index in [2.05, 4.69) is 22.2 Å². The highest BCUT2D eigenvalue weighted by atomic mass is 32.1. The zero-order valence-corrected chi connectivity index (χ0v) is 20.1. The van der Waals surface area contributed by atoms with Gasteiger partial charge in [0.1, 0.15) is 17.6 Å². The van der Waals surface area contributed by atoms with Crippen molar-refractivity contribution in [2.24, 2.45) is 5.73 Å². The fourth-order valence-corrected chi connectivity index (χ4v) is 5.46. The van der Waals surface area contributed by atoms with Crippen LogP contribution in [0.3, 0.4) is 0 Å². The van der Waals surface area contributed by atoms with Crippen molar-refractivity contribution < 1.29 is 24.5 Å². The van der Waals surface area contributed by atoms with E-state index >= 15 is 0 Å².